The van der Waals surface area contributed by atoms with E-state index in [0.717, 1.165) is 0 Å². The molecule has 6 nitrogen and oxygen atoms in total. The molecule has 0 rings (SSSR count). The van der Waals surface area contributed by atoms with E-state index in [1.165, 1.54) is 0 Å². The summed E-state index contributed by atoms with van der Waals surface area (Å²) in [4.78, 5) is 40.0. The summed E-state index contributed by atoms with van der Waals surface area (Å²) in [7, 11) is 0. The first kappa shape index (κ1) is 49.8. The molecular formula is C8H15NO5W. The molecule has 0 bridgehead atoms. The topological polar surface area (TPSA) is 109 Å². The van der Waals surface area contributed by atoms with Gasteiger partial charge in [-0.15, -0.1) is 0 Å². The Bertz CT molecular complexity index is 87.9. The zero-order valence-corrected chi connectivity index (χ0v) is 11.6. The van der Waals surface area contributed by atoms with E-state index in [2.05, 4.69) is 0 Å². The third-order valence-corrected chi connectivity index (χ3v) is 0.158. The molecule has 0 aromatic carbocycles. The number of nitrogens with zero attached hydrogens (tertiary/aromatic N) is 1. The minimum absolute atomic E-state index is 0. The molecule has 15 heavy (non-hydrogen) atoms. The van der Waals surface area contributed by atoms with Gasteiger partial charge in [-0.2, -0.15) is 5.26 Å². The van der Waals surface area contributed by atoms with Gasteiger partial charge < -0.3 is 24.0 Å². The second kappa shape index (κ2) is 5970. The molecule has 0 spiro atoms. The van der Waals surface area contributed by atoms with Crippen LogP contribution in [0.1, 0.15) is 13.3 Å². The molecule has 0 aliphatic carbocycles. The van der Waals surface area contributed by atoms with Gasteiger partial charge in [-0.05, 0) is 0 Å². The standard InChI is InChI=1S/C3H5N.5CH2O.W/c1-2-3-4;5*1-2;/h2H2,1H3;5*1H2;. The SMILES string of the molecule is C=O.C=O.C=O.C=O.C=O.CCC#N.[W]. The minimum atomic E-state index is 0. The van der Waals surface area contributed by atoms with Gasteiger partial charge in [-0.1, -0.05) is 6.92 Å². The Kier molecular flexibility index (Phi) is 19800. The molecule has 88 valence electrons. The van der Waals surface area contributed by atoms with Gasteiger partial charge in [-0.3, -0.25) is 0 Å². The molecule has 0 aliphatic rings. The van der Waals surface area contributed by atoms with Crippen molar-refractivity contribution in [3.63, 3.8) is 0 Å². The Balaban J connectivity index is -0.0000000105. The maximum Gasteiger partial charge on any atom is 0.106 e. The molecule has 0 N–H and O–H groups in total. The zero-order chi connectivity index (χ0) is 13.4. The van der Waals surface area contributed by atoms with Gasteiger partial charge in [0.25, 0.3) is 0 Å². The average Bonchev–Trinajstić information content (AvgIpc) is 2.41. The summed E-state index contributed by atoms with van der Waals surface area (Å²) in [5.41, 5.74) is 0. The van der Waals surface area contributed by atoms with Crippen molar-refractivity contribution in [1.29, 1.82) is 5.26 Å². The van der Waals surface area contributed by atoms with E-state index < -0.39 is 0 Å². The van der Waals surface area contributed by atoms with Gasteiger partial charge >= 0.3 is 0 Å². The van der Waals surface area contributed by atoms with Gasteiger partial charge in [0.05, 0.1) is 6.07 Å². The van der Waals surface area contributed by atoms with Crippen LogP contribution < -0.4 is 0 Å². The van der Waals surface area contributed by atoms with Gasteiger partial charge in [0.2, 0.25) is 0 Å². The number of nitriles is 1. The van der Waals surface area contributed by atoms with E-state index in [4.69, 9.17) is 29.2 Å². The molecule has 0 amide bonds. The molecule has 0 unspecified atom stereocenters. The predicted octanol–water partition coefficient (Wildman–Crippen LogP) is -0.00702. The molecule has 0 saturated heterocycles. The van der Waals surface area contributed by atoms with Crippen LogP contribution in [0.4, 0.5) is 0 Å². The van der Waals surface area contributed by atoms with Crippen LogP contribution in [0.25, 0.3) is 0 Å². The summed E-state index contributed by atoms with van der Waals surface area (Å²) in [6, 6.07) is 1.93. The van der Waals surface area contributed by atoms with Crippen LogP contribution in [0, 0.1) is 11.3 Å². The van der Waals surface area contributed by atoms with Crippen molar-refractivity contribution < 1.29 is 45.0 Å². The first-order valence-electron chi connectivity index (χ1n) is 2.73. The Morgan fingerprint density at radius 3 is 0.867 bits per heavy atom. The van der Waals surface area contributed by atoms with Crippen molar-refractivity contribution in [1.82, 2.24) is 0 Å². The van der Waals surface area contributed by atoms with Crippen molar-refractivity contribution in [2.45, 2.75) is 13.3 Å². The fraction of sp³-hybridized carbons (Fsp3) is 0.250. The molecule has 0 aromatic heterocycles. The summed E-state index contributed by atoms with van der Waals surface area (Å²) >= 11 is 0. The molecule has 0 aromatic rings. The van der Waals surface area contributed by atoms with Crippen molar-refractivity contribution in [3.8, 4) is 6.07 Å². The molecule has 0 saturated carbocycles. The summed E-state index contributed by atoms with van der Waals surface area (Å²) in [6.07, 6.45) is 0.625. The van der Waals surface area contributed by atoms with Gasteiger partial charge in [-0.25, -0.2) is 0 Å². The number of hydrogen-bond donors (Lipinski definition) is 0. The normalized spacial score (nSPS) is 2.67. The van der Waals surface area contributed by atoms with Gasteiger partial charge in [0, 0.05) is 27.5 Å². The van der Waals surface area contributed by atoms with Crippen LogP contribution >= 0.6 is 0 Å². The van der Waals surface area contributed by atoms with Crippen molar-refractivity contribution in [2.24, 2.45) is 0 Å². The van der Waals surface area contributed by atoms with Gasteiger partial charge in [0.1, 0.15) is 33.9 Å². The molecule has 0 fully saturated rings. The Morgan fingerprint density at radius 1 is 0.800 bits per heavy atom. The van der Waals surface area contributed by atoms with E-state index in [-0.39, 0.29) is 21.1 Å². The van der Waals surface area contributed by atoms with Crippen LogP contribution in [-0.2, 0) is 45.0 Å². The summed E-state index contributed by atoms with van der Waals surface area (Å²) in [5, 5.41) is 7.62. The number of hydrogen-bond acceptors (Lipinski definition) is 6. The molecule has 0 heterocycles. The second-order valence-electron chi connectivity index (χ2n) is 0.512. The van der Waals surface area contributed by atoms with Gasteiger partial charge in [0.15, 0.2) is 0 Å². The maximum atomic E-state index is 8.00. The molecule has 0 atom stereocenters. The third-order valence-electron chi connectivity index (χ3n) is 0.158. The van der Waals surface area contributed by atoms with Crippen molar-refractivity contribution in [3.05, 3.63) is 0 Å². The molecule has 7 heteroatoms. The quantitative estimate of drug-likeness (QED) is 0.577. The zero-order valence-electron chi connectivity index (χ0n) is 8.64. The molecular weight excluding hydrogens is 374 g/mol. The van der Waals surface area contributed by atoms with Crippen LogP contribution in [-0.4, -0.2) is 33.9 Å². The van der Waals surface area contributed by atoms with Crippen LogP contribution in [0.3, 0.4) is 0 Å². The number of rotatable bonds is 0. The first-order valence-corrected chi connectivity index (χ1v) is 2.73. The summed E-state index contributed by atoms with van der Waals surface area (Å²) < 4.78 is 0. The Morgan fingerprint density at radius 2 is 0.867 bits per heavy atom. The summed E-state index contributed by atoms with van der Waals surface area (Å²) in [6.45, 7) is 11.8. The van der Waals surface area contributed by atoms with E-state index >= 15 is 0 Å². The fourth-order valence-corrected chi connectivity index (χ4v) is 0. The minimum Gasteiger partial charge on any atom is -0.307 e. The van der Waals surface area contributed by atoms with Crippen molar-refractivity contribution in [2.75, 3.05) is 0 Å². The molecule has 0 aliphatic heterocycles. The van der Waals surface area contributed by atoms with Crippen molar-refractivity contribution >= 4 is 33.9 Å². The van der Waals surface area contributed by atoms with E-state index in [1.807, 2.05) is 46.9 Å². The van der Waals surface area contributed by atoms with E-state index in [1.54, 1.807) is 0 Å². The van der Waals surface area contributed by atoms with E-state index in [9.17, 15) is 0 Å². The summed E-state index contributed by atoms with van der Waals surface area (Å²) in [5.74, 6) is 0. The van der Waals surface area contributed by atoms with Crippen LogP contribution in [0.15, 0.2) is 0 Å². The smallest absolute Gasteiger partial charge is 0.106 e. The maximum absolute atomic E-state index is 8.00. The largest absolute Gasteiger partial charge is 0.307 e. The predicted molar refractivity (Wildman–Crippen MR) is 51.5 cm³/mol. The monoisotopic (exact) mass is 389 g/mol. The molecule has 0 radical (unpaired) electrons. The fourth-order valence-electron chi connectivity index (χ4n) is 0. The van der Waals surface area contributed by atoms with Crippen LogP contribution in [0.5, 0.6) is 0 Å². The second-order valence-corrected chi connectivity index (χ2v) is 0.512. The Hall–Kier alpha value is -1.47. The van der Waals surface area contributed by atoms with E-state index in [0.29, 0.717) is 6.42 Å². The Labute approximate surface area is 104 Å². The number of carbonyl (C=O) groups excluding carboxylic acids is 5. The third kappa shape index (κ3) is 6240. The average molecular weight is 389 g/mol. The number of carbonyl (C=O) groups is 5. The van der Waals surface area contributed by atoms with Crippen LogP contribution in [0.2, 0.25) is 0 Å². The first-order chi connectivity index (χ1) is 6.91.